The molecule has 0 spiro atoms. The van der Waals surface area contributed by atoms with Gasteiger partial charge < -0.3 is 10.1 Å². The van der Waals surface area contributed by atoms with Crippen LogP contribution in [-0.2, 0) is 9.53 Å². The lowest BCUT2D eigenvalue weighted by Gasteiger charge is -2.14. The van der Waals surface area contributed by atoms with Crippen molar-refractivity contribution in [1.29, 1.82) is 0 Å². The first-order valence-electron chi connectivity index (χ1n) is 8.60. The van der Waals surface area contributed by atoms with E-state index in [1.807, 2.05) is 6.92 Å². The Morgan fingerprint density at radius 1 is 1.48 bits per heavy atom. The molecule has 0 radical (unpaired) electrons. The van der Waals surface area contributed by atoms with Crippen LogP contribution in [-0.4, -0.2) is 38.8 Å². The first-order chi connectivity index (χ1) is 12.1. The smallest absolute Gasteiger partial charge is 0.253 e. The molecule has 1 aliphatic rings. The number of carbonyl (C=O) groups is 1. The van der Waals surface area contributed by atoms with Gasteiger partial charge in [-0.15, -0.1) is 5.10 Å². The summed E-state index contributed by atoms with van der Waals surface area (Å²) < 4.78 is 21.1. The van der Waals surface area contributed by atoms with Gasteiger partial charge in [0, 0.05) is 12.5 Å². The molecule has 25 heavy (non-hydrogen) atoms. The number of nitrogens with zero attached hydrogens (tertiary/aromatic N) is 4. The van der Waals surface area contributed by atoms with Crippen molar-refractivity contribution in [1.82, 2.24) is 20.2 Å². The summed E-state index contributed by atoms with van der Waals surface area (Å²) in [6.07, 6.45) is 3.32. The van der Waals surface area contributed by atoms with Gasteiger partial charge in [0.05, 0.1) is 11.4 Å². The van der Waals surface area contributed by atoms with Crippen molar-refractivity contribution in [2.45, 2.75) is 51.6 Å². The number of nitrogens with one attached hydrogen (secondary N) is 1. The van der Waals surface area contributed by atoms with Crippen LogP contribution < -0.4 is 5.32 Å². The Bertz CT molecular complexity index is 744. The summed E-state index contributed by atoms with van der Waals surface area (Å²) in [5.74, 6) is 0.218. The van der Waals surface area contributed by atoms with Gasteiger partial charge in [0.25, 0.3) is 5.91 Å². The lowest BCUT2D eigenvalue weighted by Crippen LogP contribution is -2.28. The second-order valence-electron chi connectivity index (χ2n) is 6.24. The van der Waals surface area contributed by atoms with Gasteiger partial charge in [-0.25, -0.2) is 4.39 Å². The highest BCUT2D eigenvalue weighted by Crippen LogP contribution is 2.39. The Labute approximate surface area is 145 Å². The van der Waals surface area contributed by atoms with E-state index in [0.717, 1.165) is 31.5 Å². The molecule has 134 valence electrons. The number of aromatic nitrogens is 4. The Kier molecular flexibility index (Phi) is 5.37. The van der Waals surface area contributed by atoms with E-state index in [0.29, 0.717) is 18.2 Å². The van der Waals surface area contributed by atoms with Crippen molar-refractivity contribution in [3.05, 3.63) is 29.8 Å². The third-order valence-corrected chi connectivity index (χ3v) is 4.12. The number of carbonyl (C=O) groups excluding carboxylic acids is 1. The van der Waals surface area contributed by atoms with E-state index in [-0.39, 0.29) is 11.6 Å². The Balaban J connectivity index is 1.73. The molecule has 1 N–H and O–H groups in total. The van der Waals surface area contributed by atoms with Crippen molar-refractivity contribution in [3.63, 3.8) is 0 Å². The summed E-state index contributed by atoms with van der Waals surface area (Å²) in [7, 11) is 0. The predicted octanol–water partition coefficient (Wildman–Crippen LogP) is 2.82. The normalized spacial score (nSPS) is 15.2. The van der Waals surface area contributed by atoms with Gasteiger partial charge in [-0.05, 0) is 54.8 Å². The number of tetrazole rings is 1. The van der Waals surface area contributed by atoms with Crippen LogP contribution in [0.1, 0.15) is 51.3 Å². The van der Waals surface area contributed by atoms with Crippen LogP contribution in [0.3, 0.4) is 0 Å². The van der Waals surface area contributed by atoms with Crippen LogP contribution in [0, 0.1) is 5.82 Å². The molecule has 1 aromatic carbocycles. The van der Waals surface area contributed by atoms with Crippen LogP contribution in [0.4, 0.5) is 10.1 Å². The average Bonchev–Trinajstić information content (AvgIpc) is 3.33. The number of benzene rings is 1. The molecular weight excluding hydrogens is 325 g/mol. The van der Waals surface area contributed by atoms with Gasteiger partial charge in [-0.3, -0.25) is 4.79 Å². The molecular formula is C17H22FN5O2. The Morgan fingerprint density at radius 2 is 2.28 bits per heavy atom. The minimum absolute atomic E-state index is 0.0886. The topological polar surface area (TPSA) is 81.9 Å². The molecule has 2 aromatic rings. The fraction of sp³-hybridized carbons (Fsp3) is 0.529. The van der Waals surface area contributed by atoms with Crippen molar-refractivity contribution in [3.8, 4) is 5.69 Å². The SMILES string of the molecule is CCCCO[C@H](C)C(=O)Nc1cc(-n2nnnc2C2CC2)ccc1F. The molecule has 8 heteroatoms. The first kappa shape index (κ1) is 17.5. The molecule has 1 saturated carbocycles. The molecule has 0 unspecified atom stereocenters. The second-order valence-corrected chi connectivity index (χ2v) is 6.24. The van der Waals surface area contributed by atoms with E-state index in [4.69, 9.17) is 4.74 Å². The lowest BCUT2D eigenvalue weighted by molar-refractivity contribution is -0.126. The summed E-state index contributed by atoms with van der Waals surface area (Å²) >= 11 is 0. The molecule has 1 aliphatic carbocycles. The zero-order chi connectivity index (χ0) is 17.8. The summed E-state index contributed by atoms with van der Waals surface area (Å²) in [6.45, 7) is 4.20. The number of anilines is 1. The summed E-state index contributed by atoms with van der Waals surface area (Å²) in [5, 5.41) is 14.3. The molecule has 1 fully saturated rings. The zero-order valence-electron chi connectivity index (χ0n) is 14.4. The minimum Gasteiger partial charge on any atom is -0.369 e. The summed E-state index contributed by atoms with van der Waals surface area (Å²) in [4.78, 5) is 12.2. The lowest BCUT2D eigenvalue weighted by atomic mass is 10.2. The fourth-order valence-electron chi connectivity index (χ4n) is 2.43. The third kappa shape index (κ3) is 4.19. The number of halogens is 1. The number of hydrogen-bond acceptors (Lipinski definition) is 5. The van der Waals surface area contributed by atoms with Crippen molar-refractivity contribution >= 4 is 11.6 Å². The number of unbranched alkanes of at least 4 members (excludes halogenated alkanes) is 1. The quantitative estimate of drug-likeness (QED) is 0.743. The molecule has 7 nitrogen and oxygen atoms in total. The van der Waals surface area contributed by atoms with E-state index in [2.05, 4.69) is 20.8 Å². The molecule has 0 bridgehead atoms. The number of ether oxygens (including phenoxy) is 1. The summed E-state index contributed by atoms with van der Waals surface area (Å²) in [5.41, 5.74) is 0.703. The Hall–Kier alpha value is -2.35. The van der Waals surface area contributed by atoms with Crippen LogP contribution >= 0.6 is 0 Å². The van der Waals surface area contributed by atoms with Gasteiger partial charge in [0.15, 0.2) is 5.82 Å². The van der Waals surface area contributed by atoms with Gasteiger partial charge in [0.1, 0.15) is 11.9 Å². The van der Waals surface area contributed by atoms with E-state index in [9.17, 15) is 9.18 Å². The summed E-state index contributed by atoms with van der Waals surface area (Å²) in [6, 6.07) is 4.43. The van der Waals surface area contributed by atoms with E-state index in [1.165, 1.54) is 12.1 Å². The van der Waals surface area contributed by atoms with E-state index < -0.39 is 11.9 Å². The van der Waals surface area contributed by atoms with Crippen molar-refractivity contribution in [2.75, 3.05) is 11.9 Å². The van der Waals surface area contributed by atoms with Gasteiger partial charge >= 0.3 is 0 Å². The first-order valence-corrected chi connectivity index (χ1v) is 8.60. The maximum Gasteiger partial charge on any atom is 0.253 e. The predicted molar refractivity (Wildman–Crippen MR) is 90.0 cm³/mol. The molecule has 0 aliphatic heterocycles. The molecule has 1 heterocycles. The van der Waals surface area contributed by atoms with Crippen LogP contribution in [0.5, 0.6) is 0 Å². The maximum absolute atomic E-state index is 14.1. The number of amides is 1. The van der Waals surface area contributed by atoms with E-state index >= 15 is 0 Å². The maximum atomic E-state index is 14.1. The standard InChI is InChI=1S/C17H22FN5O2/c1-3-4-9-25-11(2)17(24)19-15-10-13(7-8-14(15)18)23-16(12-5-6-12)20-21-22-23/h7-8,10-12H,3-6,9H2,1-2H3,(H,19,24)/t11-/m1/s1. The van der Waals surface area contributed by atoms with Crippen LogP contribution in [0.2, 0.25) is 0 Å². The minimum atomic E-state index is -0.648. The third-order valence-electron chi connectivity index (χ3n) is 4.12. The molecule has 1 atom stereocenters. The molecule has 1 amide bonds. The monoisotopic (exact) mass is 347 g/mol. The van der Waals surface area contributed by atoms with Crippen LogP contribution in [0.25, 0.3) is 5.69 Å². The van der Waals surface area contributed by atoms with Crippen LogP contribution in [0.15, 0.2) is 18.2 Å². The molecule has 3 rings (SSSR count). The van der Waals surface area contributed by atoms with Crippen molar-refractivity contribution < 1.29 is 13.9 Å². The fourth-order valence-corrected chi connectivity index (χ4v) is 2.43. The second kappa shape index (κ2) is 7.69. The Morgan fingerprint density at radius 3 is 3.00 bits per heavy atom. The van der Waals surface area contributed by atoms with E-state index in [1.54, 1.807) is 17.7 Å². The molecule has 1 aromatic heterocycles. The average molecular weight is 347 g/mol. The highest BCUT2D eigenvalue weighted by molar-refractivity contribution is 5.94. The molecule has 0 saturated heterocycles. The van der Waals surface area contributed by atoms with Gasteiger partial charge in [0.2, 0.25) is 0 Å². The van der Waals surface area contributed by atoms with Gasteiger partial charge in [-0.1, -0.05) is 13.3 Å². The zero-order valence-corrected chi connectivity index (χ0v) is 14.4. The van der Waals surface area contributed by atoms with Gasteiger partial charge in [-0.2, -0.15) is 4.68 Å². The van der Waals surface area contributed by atoms with Crippen molar-refractivity contribution in [2.24, 2.45) is 0 Å². The number of rotatable bonds is 8. The highest BCUT2D eigenvalue weighted by atomic mass is 19.1. The number of hydrogen-bond donors (Lipinski definition) is 1. The highest BCUT2D eigenvalue weighted by Gasteiger charge is 2.30. The largest absolute Gasteiger partial charge is 0.369 e.